The van der Waals surface area contributed by atoms with Crippen LogP contribution < -0.4 is 0 Å². The van der Waals surface area contributed by atoms with Crippen molar-refractivity contribution in [1.29, 1.82) is 0 Å². The Kier molecular flexibility index (Phi) is 2.73. The average molecular weight is 205 g/mol. The van der Waals surface area contributed by atoms with E-state index in [0.717, 1.165) is 12.1 Å². The molecule has 1 aromatic carbocycles. The molecule has 15 heavy (non-hydrogen) atoms. The van der Waals surface area contributed by atoms with Gasteiger partial charge in [0.15, 0.2) is 0 Å². The molecule has 1 aliphatic rings. The highest BCUT2D eigenvalue weighted by molar-refractivity contribution is 5.74. The lowest BCUT2D eigenvalue weighted by molar-refractivity contribution is -0.141. The molecule has 2 unspecified atom stereocenters. The predicted octanol–water partition coefficient (Wildman–Crippen LogP) is 1.39. The number of hydrogen-bond acceptors (Lipinski definition) is 2. The van der Waals surface area contributed by atoms with Crippen molar-refractivity contribution in [3.8, 4) is 0 Å². The van der Waals surface area contributed by atoms with E-state index < -0.39 is 5.97 Å². The summed E-state index contributed by atoms with van der Waals surface area (Å²) in [6, 6.07) is 9.85. The second-order valence-corrected chi connectivity index (χ2v) is 4.09. The summed E-state index contributed by atoms with van der Waals surface area (Å²) in [4.78, 5) is 13.1. The molecule has 2 rings (SSSR count). The first-order valence-electron chi connectivity index (χ1n) is 5.21. The van der Waals surface area contributed by atoms with Crippen LogP contribution in [-0.2, 0) is 11.2 Å². The molecule has 0 aromatic heterocycles. The summed E-state index contributed by atoms with van der Waals surface area (Å²) in [5.41, 5.74) is 1.09. The van der Waals surface area contributed by atoms with Gasteiger partial charge in [0.25, 0.3) is 0 Å². The molecule has 0 saturated carbocycles. The van der Waals surface area contributed by atoms with Crippen LogP contribution >= 0.6 is 0 Å². The molecular formula is C12H15NO2. The van der Waals surface area contributed by atoms with E-state index in [4.69, 9.17) is 5.11 Å². The van der Waals surface area contributed by atoms with Crippen molar-refractivity contribution in [2.75, 3.05) is 6.54 Å². The first kappa shape index (κ1) is 10.2. The Morgan fingerprint density at radius 2 is 2.13 bits per heavy atom. The molecule has 1 aliphatic heterocycles. The molecule has 3 atom stereocenters. The van der Waals surface area contributed by atoms with Crippen molar-refractivity contribution in [1.82, 2.24) is 4.90 Å². The van der Waals surface area contributed by atoms with Crippen LogP contribution in [0, 0.1) is 0 Å². The minimum Gasteiger partial charge on any atom is -0.480 e. The molecule has 1 fully saturated rings. The number of carboxylic acids is 1. The maximum Gasteiger partial charge on any atom is 0.321 e. The summed E-state index contributed by atoms with van der Waals surface area (Å²) in [6.07, 6.45) is 0.598. The zero-order valence-corrected chi connectivity index (χ0v) is 8.76. The van der Waals surface area contributed by atoms with Gasteiger partial charge in [-0.15, -0.1) is 0 Å². The maximum atomic E-state index is 11.1. The molecule has 0 bridgehead atoms. The van der Waals surface area contributed by atoms with Crippen LogP contribution in [0.15, 0.2) is 30.3 Å². The van der Waals surface area contributed by atoms with Crippen molar-refractivity contribution < 1.29 is 9.90 Å². The lowest BCUT2D eigenvalue weighted by Gasteiger charge is -2.13. The van der Waals surface area contributed by atoms with Gasteiger partial charge in [0.1, 0.15) is 6.04 Å². The summed E-state index contributed by atoms with van der Waals surface area (Å²) >= 11 is 0. The van der Waals surface area contributed by atoms with Gasteiger partial charge in [-0.05, 0) is 18.9 Å². The fourth-order valence-corrected chi connectivity index (χ4v) is 1.88. The Morgan fingerprint density at radius 1 is 1.53 bits per heavy atom. The zero-order valence-electron chi connectivity index (χ0n) is 8.76. The topological polar surface area (TPSA) is 40.3 Å². The first-order chi connectivity index (χ1) is 7.18. The third kappa shape index (κ3) is 2.36. The van der Waals surface area contributed by atoms with E-state index in [2.05, 4.69) is 6.92 Å². The molecule has 0 amide bonds. The summed E-state index contributed by atoms with van der Waals surface area (Å²) in [6.45, 7) is 2.96. The predicted molar refractivity (Wildman–Crippen MR) is 57.7 cm³/mol. The van der Waals surface area contributed by atoms with Crippen molar-refractivity contribution in [2.45, 2.75) is 25.4 Å². The van der Waals surface area contributed by atoms with Gasteiger partial charge in [0, 0.05) is 12.6 Å². The molecule has 3 nitrogen and oxygen atoms in total. The van der Waals surface area contributed by atoms with Crippen molar-refractivity contribution in [3.63, 3.8) is 0 Å². The number of nitrogens with zero attached hydrogens (tertiary/aromatic N) is 1. The lowest BCUT2D eigenvalue weighted by atomic mass is 10.1. The van der Waals surface area contributed by atoms with Crippen molar-refractivity contribution in [2.24, 2.45) is 0 Å². The highest BCUT2D eigenvalue weighted by Gasteiger charge is 2.39. The van der Waals surface area contributed by atoms with E-state index in [9.17, 15) is 4.79 Å². The monoisotopic (exact) mass is 205 g/mol. The average Bonchev–Trinajstić information content (AvgIpc) is 2.93. The van der Waals surface area contributed by atoms with Gasteiger partial charge >= 0.3 is 5.97 Å². The summed E-state index contributed by atoms with van der Waals surface area (Å²) < 4.78 is 0. The van der Waals surface area contributed by atoms with Gasteiger partial charge in [0.2, 0.25) is 0 Å². The summed E-state index contributed by atoms with van der Waals surface area (Å²) in [5, 5.41) is 9.12. The lowest BCUT2D eigenvalue weighted by Crippen LogP contribution is -2.32. The van der Waals surface area contributed by atoms with E-state index in [-0.39, 0.29) is 6.04 Å². The third-order valence-corrected chi connectivity index (χ3v) is 2.86. The van der Waals surface area contributed by atoms with Gasteiger partial charge in [-0.1, -0.05) is 30.3 Å². The van der Waals surface area contributed by atoms with Crippen LogP contribution in [0.3, 0.4) is 0 Å². The molecule has 1 saturated heterocycles. The number of aliphatic carboxylic acids is 1. The number of carboxylic acid groups (broad SMARTS) is 1. The smallest absolute Gasteiger partial charge is 0.321 e. The quantitative estimate of drug-likeness (QED) is 0.755. The second kappa shape index (κ2) is 4.03. The second-order valence-electron chi connectivity index (χ2n) is 4.09. The number of hydrogen-bond donors (Lipinski definition) is 1. The van der Waals surface area contributed by atoms with Crippen LogP contribution in [0.1, 0.15) is 12.5 Å². The largest absolute Gasteiger partial charge is 0.480 e. The van der Waals surface area contributed by atoms with E-state index in [1.807, 2.05) is 35.2 Å². The van der Waals surface area contributed by atoms with Crippen LogP contribution in [-0.4, -0.2) is 34.6 Å². The van der Waals surface area contributed by atoms with E-state index in [0.29, 0.717) is 12.5 Å². The number of benzene rings is 1. The zero-order chi connectivity index (χ0) is 10.8. The normalized spacial score (nSPS) is 25.9. The third-order valence-electron chi connectivity index (χ3n) is 2.86. The van der Waals surface area contributed by atoms with Gasteiger partial charge in [-0.2, -0.15) is 0 Å². The van der Waals surface area contributed by atoms with E-state index >= 15 is 0 Å². The fourth-order valence-electron chi connectivity index (χ4n) is 1.88. The van der Waals surface area contributed by atoms with Crippen LogP contribution in [0.4, 0.5) is 0 Å². The number of carbonyl (C=O) groups is 1. The summed E-state index contributed by atoms with van der Waals surface area (Å²) in [5.74, 6) is -0.719. The number of rotatable bonds is 4. The Hall–Kier alpha value is -1.35. The van der Waals surface area contributed by atoms with Crippen LogP contribution in [0.5, 0.6) is 0 Å². The molecule has 0 spiro atoms. The SMILES string of the molecule is CC1CN1[C@H](Cc1ccccc1)C(=O)O. The molecule has 0 aliphatic carbocycles. The van der Waals surface area contributed by atoms with E-state index in [1.54, 1.807) is 0 Å². The van der Waals surface area contributed by atoms with Crippen molar-refractivity contribution >= 4 is 5.97 Å². The minimum absolute atomic E-state index is 0.359. The highest BCUT2D eigenvalue weighted by Crippen LogP contribution is 2.23. The Labute approximate surface area is 89.3 Å². The standard InChI is InChI=1S/C12H15NO2/c1-9-8-13(9)11(12(14)15)7-10-5-3-2-4-6-10/h2-6,9,11H,7-8H2,1H3,(H,14,15)/t9?,11-,13?/m1/s1. The molecule has 0 radical (unpaired) electrons. The first-order valence-corrected chi connectivity index (χ1v) is 5.21. The van der Waals surface area contributed by atoms with Crippen molar-refractivity contribution in [3.05, 3.63) is 35.9 Å². The molecule has 1 heterocycles. The van der Waals surface area contributed by atoms with Gasteiger partial charge in [0.05, 0.1) is 0 Å². The minimum atomic E-state index is -0.719. The Morgan fingerprint density at radius 3 is 2.60 bits per heavy atom. The highest BCUT2D eigenvalue weighted by atomic mass is 16.4. The summed E-state index contributed by atoms with van der Waals surface area (Å²) in [7, 11) is 0. The van der Waals surface area contributed by atoms with Crippen LogP contribution in [0.2, 0.25) is 0 Å². The molecule has 80 valence electrons. The van der Waals surface area contributed by atoms with Gasteiger partial charge < -0.3 is 5.11 Å². The molecule has 1 aromatic rings. The van der Waals surface area contributed by atoms with Gasteiger partial charge in [-0.3, -0.25) is 9.69 Å². The van der Waals surface area contributed by atoms with Gasteiger partial charge in [-0.25, -0.2) is 0 Å². The Balaban J connectivity index is 2.04. The van der Waals surface area contributed by atoms with E-state index in [1.165, 1.54) is 0 Å². The molecule has 3 heteroatoms. The molecular weight excluding hydrogens is 190 g/mol. The fraction of sp³-hybridized carbons (Fsp3) is 0.417. The maximum absolute atomic E-state index is 11.1. The molecule has 1 N–H and O–H groups in total. The van der Waals surface area contributed by atoms with Crippen LogP contribution in [0.25, 0.3) is 0 Å². The Bertz CT molecular complexity index is 350.